The van der Waals surface area contributed by atoms with Crippen LogP contribution in [0.25, 0.3) is 93.2 Å². The van der Waals surface area contributed by atoms with E-state index in [1.54, 1.807) is 0 Å². The van der Waals surface area contributed by atoms with Crippen LogP contribution >= 0.6 is 0 Å². The van der Waals surface area contributed by atoms with Crippen LogP contribution in [-0.2, 0) is 0 Å². The molecule has 2 heterocycles. The molecule has 2 aromatic heterocycles. The monoisotopic (exact) mass is 752 g/mol. The maximum atomic E-state index is 6.28. The Hall–Kier alpha value is -7.88. The van der Waals surface area contributed by atoms with Gasteiger partial charge in [-0.3, -0.25) is 0 Å². The highest BCUT2D eigenvalue weighted by atomic mass is 16.3. The third kappa shape index (κ3) is 5.36. The highest BCUT2D eigenvalue weighted by molar-refractivity contribution is 6.21. The Kier molecular flexibility index (Phi) is 7.54. The molecule has 0 radical (unpaired) electrons. The Bertz CT molecular complexity index is 3570. The minimum absolute atomic E-state index is 0.879. The van der Waals surface area contributed by atoms with E-state index in [0.29, 0.717) is 0 Å². The minimum atomic E-state index is 0.879. The molecule has 0 aliphatic heterocycles. The van der Waals surface area contributed by atoms with Gasteiger partial charge in [-0.05, 0) is 105 Å². The van der Waals surface area contributed by atoms with Crippen molar-refractivity contribution in [1.29, 1.82) is 0 Å². The van der Waals surface area contributed by atoms with E-state index >= 15 is 0 Å². The van der Waals surface area contributed by atoms with E-state index in [1.165, 1.54) is 60.0 Å². The third-order valence-corrected chi connectivity index (χ3v) is 12.0. The second kappa shape index (κ2) is 13.4. The number of furan rings is 1. The second-order valence-electron chi connectivity index (χ2n) is 15.3. The van der Waals surface area contributed by atoms with Gasteiger partial charge in [-0.1, -0.05) is 152 Å². The van der Waals surface area contributed by atoms with Crippen molar-refractivity contribution < 1.29 is 4.42 Å². The number of nitrogens with zero attached hydrogens (tertiary/aromatic N) is 2. The van der Waals surface area contributed by atoms with Crippen molar-refractivity contribution in [2.75, 3.05) is 4.90 Å². The van der Waals surface area contributed by atoms with Gasteiger partial charge in [-0.15, -0.1) is 0 Å². The van der Waals surface area contributed by atoms with Gasteiger partial charge in [-0.2, -0.15) is 0 Å². The van der Waals surface area contributed by atoms with Crippen LogP contribution in [0.15, 0.2) is 223 Å². The fraction of sp³-hybridized carbons (Fsp3) is 0. The molecule has 3 heteroatoms. The van der Waals surface area contributed by atoms with Gasteiger partial charge in [0.1, 0.15) is 11.2 Å². The number of fused-ring (bicyclic) bond motifs is 9. The SMILES string of the molecule is c1cc(-c2cccc3ccccc23)cc(N(c2ccc(-c3ccccc3-n3c4ccccc4c4c5ccccc5ccc43)cc2)c2ccc3oc4ccccc4c3c2)c1. The van der Waals surface area contributed by atoms with E-state index in [0.717, 1.165) is 50.3 Å². The lowest BCUT2D eigenvalue weighted by Crippen LogP contribution is -2.10. The van der Waals surface area contributed by atoms with Crippen LogP contribution in [-0.4, -0.2) is 4.57 Å². The van der Waals surface area contributed by atoms with E-state index in [2.05, 4.69) is 216 Å². The molecule has 0 spiro atoms. The van der Waals surface area contributed by atoms with Gasteiger partial charge >= 0.3 is 0 Å². The summed E-state index contributed by atoms with van der Waals surface area (Å²) in [6, 6.07) is 78.8. The lowest BCUT2D eigenvalue weighted by Gasteiger charge is -2.26. The summed E-state index contributed by atoms with van der Waals surface area (Å²) in [4.78, 5) is 2.36. The molecular weight excluding hydrogens is 717 g/mol. The van der Waals surface area contributed by atoms with Gasteiger partial charge in [0.05, 0.1) is 16.7 Å². The number of benzene rings is 10. The van der Waals surface area contributed by atoms with Gasteiger partial charge < -0.3 is 13.9 Å². The summed E-state index contributed by atoms with van der Waals surface area (Å²) in [6.07, 6.45) is 0. The largest absolute Gasteiger partial charge is 0.456 e. The molecule has 276 valence electrons. The van der Waals surface area contributed by atoms with Gasteiger partial charge in [0.2, 0.25) is 0 Å². The van der Waals surface area contributed by atoms with Crippen molar-refractivity contribution >= 4 is 82.4 Å². The van der Waals surface area contributed by atoms with Crippen molar-refractivity contribution in [2.24, 2.45) is 0 Å². The minimum Gasteiger partial charge on any atom is -0.456 e. The van der Waals surface area contributed by atoms with E-state index in [1.807, 2.05) is 12.1 Å². The van der Waals surface area contributed by atoms with Crippen molar-refractivity contribution in [2.45, 2.75) is 0 Å². The van der Waals surface area contributed by atoms with Crippen LogP contribution in [0, 0.1) is 0 Å². The Labute approximate surface area is 341 Å². The predicted molar refractivity (Wildman–Crippen MR) is 249 cm³/mol. The van der Waals surface area contributed by atoms with Crippen LogP contribution in [0.2, 0.25) is 0 Å². The van der Waals surface area contributed by atoms with Gasteiger partial charge in [0.25, 0.3) is 0 Å². The zero-order chi connectivity index (χ0) is 38.9. The summed E-state index contributed by atoms with van der Waals surface area (Å²) in [5.74, 6) is 0. The molecule has 0 N–H and O–H groups in total. The fourth-order valence-corrected chi connectivity index (χ4v) is 9.29. The third-order valence-electron chi connectivity index (χ3n) is 12.0. The zero-order valence-electron chi connectivity index (χ0n) is 32.1. The second-order valence-corrected chi connectivity index (χ2v) is 15.3. The van der Waals surface area contributed by atoms with Gasteiger partial charge in [0, 0.05) is 44.2 Å². The summed E-state index contributed by atoms with van der Waals surface area (Å²) >= 11 is 0. The number of para-hydroxylation sites is 3. The number of hydrogen-bond acceptors (Lipinski definition) is 2. The molecule has 0 fully saturated rings. The first-order valence-electron chi connectivity index (χ1n) is 20.2. The van der Waals surface area contributed by atoms with Crippen LogP contribution in [0.4, 0.5) is 17.1 Å². The molecule has 0 aliphatic carbocycles. The van der Waals surface area contributed by atoms with Crippen molar-refractivity contribution in [3.63, 3.8) is 0 Å². The fourth-order valence-electron chi connectivity index (χ4n) is 9.29. The highest BCUT2D eigenvalue weighted by Crippen LogP contribution is 2.43. The molecule has 10 aromatic carbocycles. The lowest BCUT2D eigenvalue weighted by atomic mass is 9.97. The summed E-state index contributed by atoms with van der Waals surface area (Å²) < 4.78 is 8.72. The number of anilines is 3. The average Bonchev–Trinajstić information content (AvgIpc) is 3.85. The zero-order valence-corrected chi connectivity index (χ0v) is 32.1. The topological polar surface area (TPSA) is 21.3 Å². The standard InChI is InChI=1S/C56H36N2O/c1-3-18-44-37(13-1)15-12-23-45(44)40-16-11-17-42(35-40)57(43-32-34-55-50(36-43)48-21-7-10-26-54(48)59-55)41-30-27-39(28-31-41)46-19-5-8-24-51(46)58-52-25-9-6-22-49(52)56-47-20-4-2-14-38(47)29-33-53(56)58/h1-36H. The molecular formula is C56H36N2O. The molecule has 12 rings (SSSR count). The van der Waals surface area contributed by atoms with Gasteiger partial charge in [-0.25, -0.2) is 0 Å². The molecule has 0 aliphatic rings. The molecule has 0 bridgehead atoms. The quantitative estimate of drug-likeness (QED) is 0.169. The predicted octanol–water partition coefficient (Wildman–Crippen LogP) is 15.8. The lowest BCUT2D eigenvalue weighted by molar-refractivity contribution is 0.669. The maximum absolute atomic E-state index is 6.28. The molecule has 0 unspecified atom stereocenters. The molecule has 0 saturated heterocycles. The summed E-state index contributed by atoms with van der Waals surface area (Å²) in [6.45, 7) is 0. The average molecular weight is 753 g/mol. The Balaban J connectivity index is 1.02. The number of aromatic nitrogens is 1. The molecule has 3 nitrogen and oxygen atoms in total. The van der Waals surface area contributed by atoms with E-state index in [9.17, 15) is 0 Å². The molecule has 59 heavy (non-hydrogen) atoms. The molecule has 0 amide bonds. The summed E-state index contributed by atoms with van der Waals surface area (Å²) in [5.41, 5.74) is 13.2. The number of hydrogen-bond donors (Lipinski definition) is 0. The number of rotatable bonds is 6. The van der Waals surface area contributed by atoms with E-state index in [4.69, 9.17) is 4.42 Å². The Morgan fingerprint density at radius 1 is 0.339 bits per heavy atom. The summed E-state index contributed by atoms with van der Waals surface area (Å²) in [5, 5.41) is 9.74. The van der Waals surface area contributed by atoms with Crippen molar-refractivity contribution in [1.82, 2.24) is 4.57 Å². The smallest absolute Gasteiger partial charge is 0.135 e. The Morgan fingerprint density at radius 2 is 0.966 bits per heavy atom. The van der Waals surface area contributed by atoms with Crippen LogP contribution in [0.3, 0.4) is 0 Å². The van der Waals surface area contributed by atoms with E-state index < -0.39 is 0 Å². The first-order valence-corrected chi connectivity index (χ1v) is 20.2. The molecule has 12 aromatic rings. The van der Waals surface area contributed by atoms with Crippen LogP contribution in [0.5, 0.6) is 0 Å². The van der Waals surface area contributed by atoms with Crippen LogP contribution in [0.1, 0.15) is 0 Å². The Morgan fingerprint density at radius 3 is 1.85 bits per heavy atom. The molecule has 0 saturated carbocycles. The summed E-state index contributed by atoms with van der Waals surface area (Å²) in [7, 11) is 0. The van der Waals surface area contributed by atoms with Crippen LogP contribution < -0.4 is 4.90 Å². The highest BCUT2D eigenvalue weighted by Gasteiger charge is 2.20. The van der Waals surface area contributed by atoms with Gasteiger partial charge in [0.15, 0.2) is 0 Å². The first-order chi connectivity index (χ1) is 29.3. The van der Waals surface area contributed by atoms with Crippen molar-refractivity contribution in [3.8, 4) is 27.9 Å². The first kappa shape index (κ1) is 33.3. The molecule has 0 atom stereocenters. The maximum Gasteiger partial charge on any atom is 0.135 e. The van der Waals surface area contributed by atoms with E-state index in [-0.39, 0.29) is 0 Å². The van der Waals surface area contributed by atoms with Crippen molar-refractivity contribution in [3.05, 3.63) is 218 Å². The normalized spacial score (nSPS) is 11.7.